The van der Waals surface area contributed by atoms with E-state index in [4.69, 9.17) is 4.74 Å². The molecule has 6 nitrogen and oxygen atoms in total. The fraction of sp³-hybridized carbons (Fsp3) is 0.350. The average Bonchev–Trinajstić information content (AvgIpc) is 2.67. The summed E-state index contributed by atoms with van der Waals surface area (Å²) in [5.41, 5.74) is 2.63. The zero-order valence-electron chi connectivity index (χ0n) is 15.4. The first-order valence-electron chi connectivity index (χ1n) is 8.91. The molecule has 26 heavy (non-hydrogen) atoms. The highest BCUT2D eigenvalue weighted by atomic mass is 16.5. The molecule has 138 valence electrons. The third kappa shape index (κ3) is 6.55. The first kappa shape index (κ1) is 19.4. The lowest BCUT2D eigenvalue weighted by Crippen LogP contribution is -2.38. The molecular weight excluding hydrogens is 328 g/mol. The largest absolute Gasteiger partial charge is 0.462 e. The van der Waals surface area contributed by atoms with Crippen molar-refractivity contribution in [1.29, 1.82) is 0 Å². The van der Waals surface area contributed by atoms with Crippen LogP contribution in [0, 0.1) is 0 Å². The number of benzene rings is 1. The second-order valence-corrected chi connectivity index (χ2v) is 5.61. The Morgan fingerprint density at radius 1 is 1.12 bits per heavy atom. The fourth-order valence-electron chi connectivity index (χ4n) is 2.33. The standard InChI is InChI=1S/C20H26N4O2/c1-3-21-20(23-14-12-18-7-5-6-13-22-18)24-15-16-8-10-17(11-9-16)19(25)26-4-2/h5-11,13H,3-4,12,14-15H2,1-2H3,(H2,21,23,24). The Morgan fingerprint density at radius 2 is 1.92 bits per heavy atom. The van der Waals surface area contributed by atoms with E-state index in [2.05, 4.69) is 20.6 Å². The molecule has 2 N–H and O–H groups in total. The summed E-state index contributed by atoms with van der Waals surface area (Å²) in [6.45, 7) is 6.28. The number of aromatic nitrogens is 1. The van der Waals surface area contributed by atoms with Crippen molar-refractivity contribution in [3.63, 3.8) is 0 Å². The molecule has 0 saturated carbocycles. The van der Waals surface area contributed by atoms with Gasteiger partial charge in [0, 0.05) is 31.4 Å². The van der Waals surface area contributed by atoms with E-state index in [9.17, 15) is 4.79 Å². The zero-order valence-corrected chi connectivity index (χ0v) is 15.4. The van der Waals surface area contributed by atoms with E-state index in [0.29, 0.717) is 18.7 Å². The van der Waals surface area contributed by atoms with Crippen LogP contribution in [0.3, 0.4) is 0 Å². The molecule has 6 heteroatoms. The molecule has 1 aromatic heterocycles. The maximum atomic E-state index is 11.7. The summed E-state index contributed by atoms with van der Waals surface area (Å²) in [7, 11) is 0. The highest BCUT2D eigenvalue weighted by Gasteiger charge is 2.05. The van der Waals surface area contributed by atoms with Crippen molar-refractivity contribution >= 4 is 11.9 Å². The maximum Gasteiger partial charge on any atom is 0.338 e. The van der Waals surface area contributed by atoms with E-state index in [1.54, 1.807) is 25.3 Å². The smallest absolute Gasteiger partial charge is 0.338 e. The van der Waals surface area contributed by atoms with Gasteiger partial charge in [0.2, 0.25) is 0 Å². The Bertz CT molecular complexity index is 700. The number of nitrogens with one attached hydrogen (secondary N) is 2. The van der Waals surface area contributed by atoms with Gasteiger partial charge >= 0.3 is 5.97 Å². The molecule has 0 aliphatic carbocycles. The van der Waals surface area contributed by atoms with Gasteiger partial charge in [0.05, 0.1) is 18.7 Å². The molecule has 2 aromatic rings. The van der Waals surface area contributed by atoms with E-state index in [-0.39, 0.29) is 5.97 Å². The van der Waals surface area contributed by atoms with Crippen molar-refractivity contribution in [2.75, 3.05) is 19.7 Å². The van der Waals surface area contributed by atoms with Crippen molar-refractivity contribution in [1.82, 2.24) is 15.6 Å². The van der Waals surface area contributed by atoms with E-state index >= 15 is 0 Å². The third-order valence-corrected chi connectivity index (χ3v) is 3.63. The van der Waals surface area contributed by atoms with Crippen LogP contribution in [0.2, 0.25) is 0 Å². The summed E-state index contributed by atoms with van der Waals surface area (Å²) >= 11 is 0. The van der Waals surface area contributed by atoms with Crippen LogP contribution in [0.1, 0.15) is 35.5 Å². The molecule has 0 saturated heterocycles. The molecule has 0 atom stereocenters. The highest BCUT2D eigenvalue weighted by Crippen LogP contribution is 2.07. The molecule has 0 amide bonds. The van der Waals surface area contributed by atoms with Crippen LogP contribution in [-0.2, 0) is 17.7 Å². The number of hydrogen-bond acceptors (Lipinski definition) is 4. The number of esters is 1. The average molecular weight is 354 g/mol. The maximum absolute atomic E-state index is 11.7. The fourth-order valence-corrected chi connectivity index (χ4v) is 2.33. The highest BCUT2D eigenvalue weighted by molar-refractivity contribution is 5.89. The number of carbonyl (C=O) groups excluding carboxylic acids is 1. The SMILES string of the molecule is CCNC(=NCc1ccc(C(=O)OCC)cc1)NCCc1ccccn1. The van der Waals surface area contributed by atoms with Crippen molar-refractivity contribution in [3.8, 4) is 0 Å². The number of carbonyl (C=O) groups is 1. The molecule has 1 aromatic carbocycles. The number of guanidine groups is 1. The first-order valence-corrected chi connectivity index (χ1v) is 8.91. The molecule has 2 rings (SSSR count). The Kier molecular flexibility index (Phi) is 8.12. The molecule has 0 aliphatic rings. The van der Waals surface area contributed by atoms with Gasteiger partial charge in [-0.1, -0.05) is 18.2 Å². The second-order valence-electron chi connectivity index (χ2n) is 5.61. The number of nitrogens with zero attached hydrogens (tertiary/aromatic N) is 2. The summed E-state index contributed by atoms with van der Waals surface area (Å²) in [5, 5.41) is 6.54. The van der Waals surface area contributed by atoms with Crippen molar-refractivity contribution in [3.05, 3.63) is 65.5 Å². The summed E-state index contributed by atoms with van der Waals surface area (Å²) in [6, 6.07) is 13.2. The predicted octanol–water partition coefficient (Wildman–Crippen LogP) is 2.56. The van der Waals surface area contributed by atoms with E-state index in [1.807, 2.05) is 37.3 Å². The summed E-state index contributed by atoms with van der Waals surface area (Å²) in [4.78, 5) is 20.6. The molecule has 0 fully saturated rings. The van der Waals surface area contributed by atoms with E-state index in [0.717, 1.165) is 36.7 Å². The minimum absolute atomic E-state index is 0.299. The Labute approximate surface area is 154 Å². The van der Waals surface area contributed by atoms with Gasteiger partial charge in [0.15, 0.2) is 5.96 Å². The Hall–Kier alpha value is -2.89. The summed E-state index contributed by atoms with van der Waals surface area (Å²) in [6.07, 6.45) is 2.63. The van der Waals surface area contributed by atoms with Crippen LogP contribution in [0.15, 0.2) is 53.7 Å². The van der Waals surface area contributed by atoms with Crippen LogP contribution < -0.4 is 10.6 Å². The molecule has 0 spiro atoms. The lowest BCUT2D eigenvalue weighted by Gasteiger charge is -2.11. The topological polar surface area (TPSA) is 75.6 Å². The molecule has 0 unspecified atom stereocenters. The zero-order chi connectivity index (χ0) is 18.6. The molecule has 0 bridgehead atoms. The van der Waals surface area contributed by atoms with Gasteiger partial charge in [-0.15, -0.1) is 0 Å². The van der Waals surface area contributed by atoms with Crippen LogP contribution in [0.5, 0.6) is 0 Å². The number of pyridine rings is 1. The lowest BCUT2D eigenvalue weighted by atomic mass is 10.1. The van der Waals surface area contributed by atoms with Gasteiger partial charge in [-0.2, -0.15) is 0 Å². The van der Waals surface area contributed by atoms with Gasteiger partial charge in [0.1, 0.15) is 0 Å². The van der Waals surface area contributed by atoms with E-state index < -0.39 is 0 Å². The van der Waals surface area contributed by atoms with Gasteiger partial charge < -0.3 is 15.4 Å². The number of ether oxygens (including phenoxy) is 1. The monoisotopic (exact) mass is 354 g/mol. The summed E-state index contributed by atoms with van der Waals surface area (Å²) < 4.78 is 4.99. The molecular formula is C20H26N4O2. The minimum Gasteiger partial charge on any atom is -0.462 e. The van der Waals surface area contributed by atoms with Crippen LogP contribution in [-0.4, -0.2) is 36.6 Å². The van der Waals surface area contributed by atoms with Crippen molar-refractivity contribution < 1.29 is 9.53 Å². The van der Waals surface area contributed by atoms with Crippen LogP contribution in [0.25, 0.3) is 0 Å². The molecule has 0 radical (unpaired) electrons. The first-order chi connectivity index (χ1) is 12.7. The molecule has 1 heterocycles. The quantitative estimate of drug-likeness (QED) is 0.433. The van der Waals surface area contributed by atoms with Gasteiger partial charge in [-0.3, -0.25) is 4.98 Å². The van der Waals surface area contributed by atoms with Crippen LogP contribution >= 0.6 is 0 Å². The summed E-state index contributed by atoms with van der Waals surface area (Å²) in [5.74, 6) is 0.463. The predicted molar refractivity (Wildman–Crippen MR) is 103 cm³/mol. The van der Waals surface area contributed by atoms with Crippen molar-refractivity contribution in [2.45, 2.75) is 26.8 Å². The third-order valence-electron chi connectivity index (χ3n) is 3.63. The number of hydrogen-bond donors (Lipinski definition) is 2. The van der Waals surface area contributed by atoms with Gasteiger partial charge in [-0.05, 0) is 43.7 Å². The molecule has 0 aliphatic heterocycles. The van der Waals surface area contributed by atoms with Crippen LogP contribution in [0.4, 0.5) is 0 Å². The normalized spacial score (nSPS) is 11.1. The van der Waals surface area contributed by atoms with E-state index in [1.165, 1.54) is 0 Å². The van der Waals surface area contributed by atoms with Crippen molar-refractivity contribution in [2.24, 2.45) is 4.99 Å². The lowest BCUT2D eigenvalue weighted by molar-refractivity contribution is 0.0526. The van der Waals surface area contributed by atoms with Gasteiger partial charge in [-0.25, -0.2) is 9.79 Å². The minimum atomic E-state index is -0.299. The number of rotatable bonds is 8. The van der Waals surface area contributed by atoms with Gasteiger partial charge in [0.25, 0.3) is 0 Å². The Morgan fingerprint density at radius 3 is 2.58 bits per heavy atom. The number of aliphatic imine (C=N–C) groups is 1. The second kappa shape index (κ2) is 10.9. The Balaban J connectivity index is 1.88.